The van der Waals surface area contributed by atoms with Crippen LogP contribution < -0.4 is 0 Å². The average molecular weight is 410 g/mol. The number of benzene rings is 2. The Morgan fingerprint density at radius 1 is 0.931 bits per heavy atom. The van der Waals surface area contributed by atoms with Crippen LogP contribution in [0.3, 0.4) is 0 Å². The molecule has 2 aliphatic rings. The Balaban J connectivity index is 1.47. The van der Waals surface area contributed by atoms with E-state index in [4.69, 9.17) is 9.51 Å². The molecule has 5 rings (SSSR count). The second-order valence-electron chi connectivity index (χ2n) is 7.90. The first-order valence-corrected chi connectivity index (χ1v) is 11.5. The number of sulfonamides is 1. The van der Waals surface area contributed by atoms with E-state index >= 15 is 0 Å². The fourth-order valence-corrected chi connectivity index (χ4v) is 5.63. The lowest BCUT2D eigenvalue weighted by Crippen LogP contribution is -2.45. The Labute approximate surface area is 170 Å². The van der Waals surface area contributed by atoms with Crippen molar-refractivity contribution in [1.29, 1.82) is 0 Å². The summed E-state index contributed by atoms with van der Waals surface area (Å²) in [6.07, 6.45) is 3.44. The van der Waals surface area contributed by atoms with Gasteiger partial charge in [-0.15, -0.1) is 0 Å². The van der Waals surface area contributed by atoms with Crippen LogP contribution in [0.25, 0.3) is 0 Å². The second kappa shape index (κ2) is 7.07. The van der Waals surface area contributed by atoms with Gasteiger partial charge in [-0.25, -0.2) is 8.42 Å². The van der Waals surface area contributed by atoms with E-state index < -0.39 is 15.4 Å². The molecule has 0 amide bonds. The molecule has 1 aliphatic carbocycles. The van der Waals surface area contributed by atoms with E-state index in [0.29, 0.717) is 42.6 Å². The van der Waals surface area contributed by atoms with Gasteiger partial charge in [0.25, 0.3) is 0 Å². The SMILES string of the molecule is O=S(=O)(c1ccccc1)N1CCC(c2ccccc2)(c2nc(C3CC3)no2)CC1. The number of nitrogens with zero attached hydrogens (tertiary/aromatic N) is 3. The van der Waals surface area contributed by atoms with Gasteiger partial charge in [0.1, 0.15) is 0 Å². The van der Waals surface area contributed by atoms with Gasteiger partial charge in [0.05, 0.1) is 10.3 Å². The van der Waals surface area contributed by atoms with Gasteiger partial charge >= 0.3 is 0 Å². The summed E-state index contributed by atoms with van der Waals surface area (Å²) in [7, 11) is -3.51. The molecule has 1 saturated heterocycles. The van der Waals surface area contributed by atoms with E-state index in [0.717, 1.165) is 24.2 Å². The molecule has 1 saturated carbocycles. The zero-order valence-electron chi connectivity index (χ0n) is 16.1. The van der Waals surface area contributed by atoms with Gasteiger partial charge in [0.2, 0.25) is 15.9 Å². The molecule has 1 aromatic heterocycles. The van der Waals surface area contributed by atoms with Crippen molar-refractivity contribution >= 4 is 10.0 Å². The van der Waals surface area contributed by atoms with Crippen LogP contribution in [-0.2, 0) is 15.4 Å². The van der Waals surface area contributed by atoms with Crippen molar-refractivity contribution in [3.8, 4) is 0 Å². The van der Waals surface area contributed by atoms with Gasteiger partial charge < -0.3 is 4.52 Å². The van der Waals surface area contributed by atoms with Crippen LogP contribution in [0.4, 0.5) is 0 Å². The molecular formula is C22H23N3O3S. The third-order valence-corrected chi connectivity index (χ3v) is 7.99. The van der Waals surface area contributed by atoms with Gasteiger partial charge in [-0.1, -0.05) is 53.7 Å². The van der Waals surface area contributed by atoms with Crippen LogP contribution in [0.1, 0.15) is 48.9 Å². The van der Waals surface area contributed by atoms with E-state index in [1.165, 1.54) is 0 Å². The molecule has 150 valence electrons. The summed E-state index contributed by atoms with van der Waals surface area (Å²) < 4.78 is 33.4. The molecule has 1 aliphatic heterocycles. The molecule has 0 radical (unpaired) electrons. The smallest absolute Gasteiger partial charge is 0.243 e. The Hall–Kier alpha value is -2.51. The summed E-state index contributed by atoms with van der Waals surface area (Å²) in [5.74, 6) is 1.82. The van der Waals surface area contributed by atoms with Gasteiger partial charge in [0, 0.05) is 19.0 Å². The number of rotatable bonds is 5. The normalized spacial score (nSPS) is 19.9. The first kappa shape index (κ1) is 18.5. The molecule has 0 bridgehead atoms. The Morgan fingerprint density at radius 2 is 1.55 bits per heavy atom. The molecule has 0 unspecified atom stereocenters. The molecule has 7 heteroatoms. The van der Waals surface area contributed by atoms with Crippen molar-refractivity contribution < 1.29 is 12.9 Å². The maximum absolute atomic E-state index is 13.0. The highest BCUT2D eigenvalue weighted by Gasteiger charge is 2.45. The van der Waals surface area contributed by atoms with Crippen LogP contribution in [-0.4, -0.2) is 36.0 Å². The highest BCUT2D eigenvalue weighted by Crippen LogP contribution is 2.44. The monoisotopic (exact) mass is 409 g/mol. The topological polar surface area (TPSA) is 76.3 Å². The molecule has 2 aromatic carbocycles. The quantitative estimate of drug-likeness (QED) is 0.642. The van der Waals surface area contributed by atoms with Crippen LogP contribution >= 0.6 is 0 Å². The minimum Gasteiger partial charge on any atom is -0.338 e. The van der Waals surface area contributed by atoms with Gasteiger partial charge in [-0.05, 0) is 43.4 Å². The Morgan fingerprint density at radius 3 is 2.17 bits per heavy atom. The Kier molecular flexibility index (Phi) is 4.52. The summed E-state index contributed by atoms with van der Waals surface area (Å²) in [4.78, 5) is 5.08. The van der Waals surface area contributed by atoms with Gasteiger partial charge in [0.15, 0.2) is 5.82 Å². The number of aromatic nitrogens is 2. The maximum atomic E-state index is 13.0. The van der Waals surface area contributed by atoms with E-state index in [-0.39, 0.29) is 0 Å². The van der Waals surface area contributed by atoms with Crippen molar-refractivity contribution in [1.82, 2.24) is 14.4 Å². The van der Waals surface area contributed by atoms with Crippen LogP contribution in [0.15, 0.2) is 70.1 Å². The third-order valence-electron chi connectivity index (χ3n) is 6.08. The summed E-state index contributed by atoms with van der Waals surface area (Å²) in [6.45, 7) is 0.820. The second-order valence-corrected chi connectivity index (χ2v) is 9.84. The zero-order valence-corrected chi connectivity index (χ0v) is 16.9. The number of hydrogen-bond acceptors (Lipinski definition) is 5. The fraction of sp³-hybridized carbons (Fsp3) is 0.364. The van der Waals surface area contributed by atoms with Crippen LogP contribution in [0.2, 0.25) is 0 Å². The third kappa shape index (κ3) is 3.28. The van der Waals surface area contributed by atoms with Crippen molar-refractivity contribution in [2.45, 2.75) is 41.9 Å². The maximum Gasteiger partial charge on any atom is 0.243 e. The van der Waals surface area contributed by atoms with E-state index in [1.807, 2.05) is 24.3 Å². The molecule has 2 fully saturated rings. The molecule has 0 spiro atoms. The lowest BCUT2D eigenvalue weighted by atomic mass is 9.73. The molecule has 2 heterocycles. The zero-order chi connectivity index (χ0) is 19.9. The first-order valence-electron chi connectivity index (χ1n) is 10.0. The number of piperidine rings is 1. The van der Waals surface area contributed by atoms with Crippen molar-refractivity contribution in [3.63, 3.8) is 0 Å². The molecule has 0 N–H and O–H groups in total. The van der Waals surface area contributed by atoms with Crippen molar-refractivity contribution in [2.24, 2.45) is 0 Å². The van der Waals surface area contributed by atoms with E-state index in [2.05, 4.69) is 17.3 Å². The molecule has 0 atom stereocenters. The van der Waals surface area contributed by atoms with Crippen molar-refractivity contribution in [2.75, 3.05) is 13.1 Å². The Bertz CT molecular complexity index is 1080. The number of hydrogen-bond donors (Lipinski definition) is 0. The van der Waals surface area contributed by atoms with E-state index in [1.54, 1.807) is 28.6 Å². The van der Waals surface area contributed by atoms with Crippen LogP contribution in [0, 0.1) is 0 Å². The predicted octanol–water partition coefficient (Wildman–Crippen LogP) is 3.72. The van der Waals surface area contributed by atoms with Gasteiger partial charge in [-0.2, -0.15) is 9.29 Å². The highest BCUT2D eigenvalue weighted by atomic mass is 32.2. The molecule has 29 heavy (non-hydrogen) atoms. The standard InChI is InChI=1S/C22H23N3O3S/c26-29(27,19-9-5-2-6-10-19)25-15-13-22(14-16-25,18-7-3-1-4-8-18)21-23-20(24-28-21)17-11-12-17/h1-10,17H,11-16H2. The lowest BCUT2D eigenvalue weighted by molar-refractivity contribution is 0.214. The first-order chi connectivity index (χ1) is 14.1. The lowest BCUT2D eigenvalue weighted by Gasteiger charge is -2.39. The van der Waals surface area contributed by atoms with Crippen LogP contribution in [0.5, 0.6) is 0 Å². The fourth-order valence-electron chi connectivity index (χ4n) is 4.17. The molecule has 6 nitrogen and oxygen atoms in total. The molecular weight excluding hydrogens is 386 g/mol. The summed E-state index contributed by atoms with van der Waals surface area (Å²) in [5.41, 5.74) is 0.646. The highest BCUT2D eigenvalue weighted by molar-refractivity contribution is 7.89. The summed E-state index contributed by atoms with van der Waals surface area (Å²) >= 11 is 0. The minimum absolute atomic E-state index is 0.334. The average Bonchev–Trinajstić information content (AvgIpc) is 3.51. The predicted molar refractivity (Wildman–Crippen MR) is 108 cm³/mol. The summed E-state index contributed by atoms with van der Waals surface area (Å²) in [6, 6.07) is 18.8. The van der Waals surface area contributed by atoms with Gasteiger partial charge in [-0.3, -0.25) is 0 Å². The minimum atomic E-state index is -3.51. The van der Waals surface area contributed by atoms with Crippen molar-refractivity contribution in [3.05, 3.63) is 77.9 Å². The van der Waals surface area contributed by atoms with E-state index in [9.17, 15) is 8.42 Å². The summed E-state index contributed by atoms with van der Waals surface area (Å²) in [5, 5.41) is 4.22. The largest absolute Gasteiger partial charge is 0.338 e. The molecule has 3 aromatic rings.